The van der Waals surface area contributed by atoms with Gasteiger partial charge in [0.15, 0.2) is 5.01 Å². The number of nitrogens with zero attached hydrogens (tertiary/aromatic N) is 6. The Bertz CT molecular complexity index is 1980. The molecule has 10 nitrogen and oxygen atoms in total. The van der Waals surface area contributed by atoms with Crippen molar-refractivity contribution in [2.75, 3.05) is 26.8 Å². The maximum Gasteiger partial charge on any atom is 0.298 e. The van der Waals surface area contributed by atoms with Crippen LogP contribution in [0.15, 0.2) is 48.0 Å². The lowest BCUT2D eigenvalue weighted by atomic mass is 10.1. The SMILES string of the molecule is COc1cc(OCc2csc(-c3ccc(C(=O)N4CCC(CO)C4)cc3)n2)c2sc(-c3cn4nc(C(C)(F)F)sc4n3)nc2c1. The molecule has 0 saturated carbocycles. The molecule has 0 spiro atoms. The van der Waals surface area contributed by atoms with Gasteiger partial charge in [-0.3, -0.25) is 4.79 Å². The van der Waals surface area contributed by atoms with Gasteiger partial charge in [-0.05, 0) is 18.6 Å². The fourth-order valence-corrected chi connectivity index (χ4v) is 7.64. The number of hydrogen-bond acceptors (Lipinski definition) is 11. The van der Waals surface area contributed by atoms with Crippen LogP contribution in [0.4, 0.5) is 8.78 Å². The summed E-state index contributed by atoms with van der Waals surface area (Å²) in [5, 5.41) is 16.4. The van der Waals surface area contributed by atoms with Crippen molar-refractivity contribution in [2.24, 2.45) is 5.92 Å². The topological polar surface area (TPSA) is 115 Å². The summed E-state index contributed by atoms with van der Waals surface area (Å²) in [5.74, 6) is -1.76. The molecule has 1 atom stereocenters. The summed E-state index contributed by atoms with van der Waals surface area (Å²) in [7, 11) is 1.57. The van der Waals surface area contributed by atoms with E-state index >= 15 is 0 Å². The summed E-state index contributed by atoms with van der Waals surface area (Å²) in [6.45, 7) is 2.36. The number of alkyl halides is 2. The number of fused-ring (bicyclic) bond motifs is 2. The zero-order valence-electron chi connectivity index (χ0n) is 24.1. The molecule has 0 radical (unpaired) electrons. The molecule has 1 aliphatic rings. The van der Waals surface area contributed by atoms with Crippen molar-refractivity contribution >= 4 is 55.1 Å². The summed E-state index contributed by atoms with van der Waals surface area (Å²) in [6, 6.07) is 11.0. The lowest BCUT2D eigenvalue weighted by Gasteiger charge is -2.16. The molecule has 1 aliphatic heterocycles. The molecule has 2 aromatic carbocycles. The van der Waals surface area contributed by atoms with Gasteiger partial charge in [-0.1, -0.05) is 23.5 Å². The van der Waals surface area contributed by atoms with Crippen molar-refractivity contribution in [3.63, 3.8) is 0 Å². The van der Waals surface area contributed by atoms with E-state index in [1.165, 1.54) is 27.2 Å². The van der Waals surface area contributed by atoms with Crippen LogP contribution in [0, 0.1) is 5.92 Å². The number of carbonyl (C=O) groups is 1. The first-order chi connectivity index (χ1) is 21.7. The van der Waals surface area contributed by atoms with E-state index in [9.17, 15) is 18.7 Å². The summed E-state index contributed by atoms with van der Waals surface area (Å²) >= 11 is 3.71. The molecule has 6 aromatic rings. The standard InChI is InChI=1S/C30H26F2N6O4S3/c1-30(31,32)28-36-38-12-22(35-29(38)45-28)26-34-21-9-20(41-2)10-23(24(21)44-26)42-14-19-15-43-25(33-19)17-3-5-18(6-4-17)27(40)37-8-7-16(11-37)13-39/h3-6,9-10,12,15-16,39H,7-8,11,13-14H2,1-2H3. The number of rotatable bonds is 9. The number of ether oxygens (including phenoxy) is 2. The van der Waals surface area contributed by atoms with Crippen LogP contribution in [0.5, 0.6) is 11.5 Å². The van der Waals surface area contributed by atoms with Gasteiger partial charge in [-0.25, -0.2) is 19.5 Å². The fraction of sp³-hybridized carbons (Fsp3) is 0.300. The molecular weight excluding hydrogens is 643 g/mol. The van der Waals surface area contributed by atoms with E-state index in [1.54, 1.807) is 30.3 Å². The van der Waals surface area contributed by atoms with Gasteiger partial charge in [0.1, 0.15) is 33.8 Å². The maximum absolute atomic E-state index is 13.7. The van der Waals surface area contributed by atoms with Crippen molar-refractivity contribution in [2.45, 2.75) is 25.9 Å². The van der Waals surface area contributed by atoms with Crippen molar-refractivity contribution in [1.82, 2.24) is 29.5 Å². The normalized spacial score (nSPS) is 15.4. The zero-order chi connectivity index (χ0) is 31.3. The predicted octanol–water partition coefficient (Wildman–Crippen LogP) is 6.34. The number of amides is 1. The first-order valence-corrected chi connectivity index (χ1v) is 16.5. The Labute approximate surface area is 267 Å². The molecule has 45 heavy (non-hydrogen) atoms. The van der Waals surface area contributed by atoms with Crippen LogP contribution in [0.1, 0.15) is 34.4 Å². The van der Waals surface area contributed by atoms with E-state index in [2.05, 4.69) is 10.1 Å². The molecule has 15 heteroatoms. The van der Waals surface area contributed by atoms with Crippen LogP contribution in [0.25, 0.3) is 36.5 Å². The quantitative estimate of drug-likeness (QED) is 0.190. The van der Waals surface area contributed by atoms with E-state index in [-0.39, 0.29) is 30.0 Å². The lowest BCUT2D eigenvalue weighted by molar-refractivity contribution is 0.0163. The van der Waals surface area contributed by atoms with Crippen molar-refractivity contribution in [1.29, 1.82) is 0 Å². The van der Waals surface area contributed by atoms with Crippen LogP contribution in [-0.4, -0.2) is 67.3 Å². The third-order valence-electron chi connectivity index (χ3n) is 7.44. The number of thiazole rings is 2. The van der Waals surface area contributed by atoms with Gasteiger partial charge in [0, 0.05) is 61.2 Å². The van der Waals surface area contributed by atoms with E-state index in [0.717, 1.165) is 45.6 Å². The van der Waals surface area contributed by atoms with Crippen molar-refractivity contribution in [3.05, 3.63) is 64.2 Å². The highest BCUT2D eigenvalue weighted by Gasteiger charge is 2.30. The highest BCUT2D eigenvalue weighted by Crippen LogP contribution is 2.40. The highest BCUT2D eigenvalue weighted by molar-refractivity contribution is 7.22. The smallest absolute Gasteiger partial charge is 0.298 e. The summed E-state index contributed by atoms with van der Waals surface area (Å²) in [6.07, 6.45) is 2.41. The third-order valence-corrected chi connectivity index (χ3v) is 10.6. The summed E-state index contributed by atoms with van der Waals surface area (Å²) < 4.78 is 41.2. The van der Waals surface area contributed by atoms with Crippen LogP contribution < -0.4 is 9.47 Å². The summed E-state index contributed by atoms with van der Waals surface area (Å²) in [5.41, 5.74) is 3.44. The number of likely N-dealkylation sites (tertiary alicyclic amines) is 1. The van der Waals surface area contributed by atoms with Gasteiger partial charge >= 0.3 is 0 Å². The van der Waals surface area contributed by atoms with E-state index < -0.39 is 5.92 Å². The molecule has 1 saturated heterocycles. The molecular formula is C30H26F2N6O4S3. The van der Waals surface area contributed by atoms with E-state index in [0.29, 0.717) is 51.3 Å². The zero-order valence-corrected chi connectivity index (χ0v) is 26.5. The minimum absolute atomic E-state index is 0.0266. The first kappa shape index (κ1) is 29.6. The Morgan fingerprint density at radius 3 is 2.67 bits per heavy atom. The number of aromatic nitrogens is 5. The first-order valence-electron chi connectivity index (χ1n) is 14.0. The number of benzene rings is 2. The molecule has 5 heterocycles. The molecule has 1 fully saturated rings. The molecule has 4 aromatic heterocycles. The van der Waals surface area contributed by atoms with Crippen molar-refractivity contribution < 1.29 is 28.2 Å². The van der Waals surface area contributed by atoms with Gasteiger partial charge in [-0.15, -0.1) is 22.7 Å². The van der Waals surface area contributed by atoms with Gasteiger partial charge in [0.25, 0.3) is 11.8 Å². The van der Waals surface area contributed by atoms with Crippen molar-refractivity contribution in [3.8, 4) is 32.8 Å². The Kier molecular flexibility index (Phi) is 7.71. The Balaban J connectivity index is 1.07. The Hall–Kier alpha value is -4.05. The van der Waals surface area contributed by atoms with Crippen LogP contribution in [-0.2, 0) is 12.5 Å². The van der Waals surface area contributed by atoms with E-state index in [4.69, 9.17) is 19.4 Å². The van der Waals surface area contributed by atoms with Gasteiger partial charge < -0.3 is 19.5 Å². The second kappa shape index (κ2) is 11.7. The summed E-state index contributed by atoms with van der Waals surface area (Å²) in [4.78, 5) is 28.9. The Morgan fingerprint density at radius 2 is 1.96 bits per heavy atom. The second-order valence-corrected chi connectivity index (χ2v) is 13.6. The largest absolute Gasteiger partial charge is 0.497 e. The number of halogens is 2. The number of aliphatic hydroxyl groups is 1. The molecule has 1 amide bonds. The molecule has 1 N–H and O–H groups in total. The second-order valence-electron chi connectivity index (χ2n) is 10.7. The highest BCUT2D eigenvalue weighted by atomic mass is 32.1. The molecule has 0 aliphatic carbocycles. The number of aliphatic hydroxyl groups excluding tert-OH is 1. The minimum atomic E-state index is -3.04. The molecule has 1 unspecified atom stereocenters. The molecule has 232 valence electrons. The number of hydrogen-bond donors (Lipinski definition) is 1. The van der Waals surface area contributed by atoms with Crippen LogP contribution in [0.3, 0.4) is 0 Å². The van der Waals surface area contributed by atoms with Gasteiger partial charge in [0.05, 0.1) is 29.2 Å². The van der Waals surface area contributed by atoms with E-state index in [1.807, 2.05) is 29.6 Å². The predicted molar refractivity (Wildman–Crippen MR) is 169 cm³/mol. The number of methoxy groups -OCH3 is 1. The fourth-order valence-electron chi connectivity index (χ4n) is 5.05. The minimum Gasteiger partial charge on any atom is -0.497 e. The van der Waals surface area contributed by atoms with Gasteiger partial charge in [0.2, 0.25) is 4.96 Å². The third kappa shape index (κ3) is 5.88. The average Bonchev–Trinajstić information content (AvgIpc) is 3.85. The lowest BCUT2D eigenvalue weighted by Crippen LogP contribution is -2.29. The van der Waals surface area contributed by atoms with Crippen LogP contribution in [0.2, 0.25) is 0 Å². The molecule has 7 rings (SSSR count). The average molecular weight is 669 g/mol. The molecule has 0 bridgehead atoms. The monoisotopic (exact) mass is 668 g/mol. The maximum atomic E-state index is 13.7. The number of carbonyl (C=O) groups excluding carboxylic acids is 1. The number of imidazole rings is 1. The Morgan fingerprint density at radius 1 is 1.13 bits per heavy atom. The van der Waals surface area contributed by atoms with Gasteiger partial charge in [-0.2, -0.15) is 13.9 Å². The van der Waals surface area contributed by atoms with Crippen LogP contribution >= 0.6 is 34.0 Å².